The van der Waals surface area contributed by atoms with Crippen LogP contribution < -0.4 is 19.9 Å². The quantitative estimate of drug-likeness (QED) is 0.736. The zero-order valence-electron chi connectivity index (χ0n) is 14.5. The first-order valence-corrected chi connectivity index (χ1v) is 8.88. The lowest BCUT2D eigenvalue weighted by molar-refractivity contribution is 0.174. The van der Waals surface area contributed by atoms with Crippen LogP contribution in [-0.2, 0) is 0 Å². The van der Waals surface area contributed by atoms with Crippen LogP contribution in [0.1, 0.15) is 24.5 Å². The summed E-state index contributed by atoms with van der Waals surface area (Å²) in [4.78, 5) is 8.54. The number of nitrogens with two attached hydrogens (primary N) is 1. The van der Waals surface area contributed by atoms with E-state index in [9.17, 15) is 0 Å². The van der Waals surface area contributed by atoms with Crippen LogP contribution in [0.15, 0.2) is 24.5 Å². The molecule has 0 unspecified atom stereocenters. The fourth-order valence-electron chi connectivity index (χ4n) is 3.27. The maximum Gasteiger partial charge on any atom is 0.259 e. The van der Waals surface area contributed by atoms with E-state index in [1.807, 2.05) is 12.1 Å². The number of aromatic nitrogens is 4. The van der Waals surface area contributed by atoms with Gasteiger partial charge in [-0.2, -0.15) is 9.78 Å². The lowest BCUT2D eigenvalue weighted by Gasteiger charge is -2.08. The van der Waals surface area contributed by atoms with Gasteiger partial charge in [0.25, 0.3) is 5.88 Å². The molecule has 1 saturated carbocycles. The highest BCUT2D eigenvalue weighted by atomic mass is 35.5. The molecule has 8 nitrogen and oxygen atoms in total. The summed E-state index contributed by atoms with van der Waals surface area (Å²) in [7, 11) is 1.54. The number of nitrogens with zero attached hydrogens (tertiary/aromatic N) is 4. The van der Waals surface area contributed by atoms with Gasteiger partial charge < -0.3 is 19.9 Å². The molecule has 1 fully saturated rings. The highest BCUT2D eigenvalue weighted by molar-refractivity contribution is 6.32. The van der Waals surface area contributed by atoms with Gasteiger partial charge in [-0.1, -0.05) is 11.6 Å². The van der Waals surface area contributed by atoms with Gasteiger partial charge in [0.05, 0.1) is 17.8 Å². The third-order valence-electron chi connectivity index (χ3n) is 4.67. The number of ether oxygens (including phenoxy) is 3. The zero-order chi connectivity index (χ0) is 18.5. The molecule has 27 heavy (non-hydrogen) atoms. The summed E-state index contributed by atoms with van der Waals surface area (Å²) < 4.78 is 17.8. The minimum absolute atomic E-state index is 0.152. The Kier molecular flexibility index (Phi) is 3.61. The molecule has 2 aliphatic rings. The topological polar surface area (TPSA) is 97.3 Å². The number of fused-ring (bicyclic) bond motifs is 1. The van der Waals surface area contributed by atoms with Gasteiger partial charge in [0, 0.05) is 23.9 Å². The van der Waals surface area contributed by atoms with Crippen LogP contribution in [0.4, 0.5) is 5.82 Å². The van der Waals surface area contributed by atoms with Gasteiger partial charge in [-0.15, -0.1) is 0 Å². The van der Waals surface area contributed by atoms with E-state index in [1.165, 1.54) is 7.11 Å². The van der Waals surface area contributed by atoms with Crippen molar-refractivity contribution in [1.29, 1.82) is 0 Å². The van der Waals surface area contributed by atoms with Crippen molar-refractivity contribution < 1.29 is 14.2 Å². The molecule has 0 atom stereocenters. The van der Waals surface area contributed by atoms with E-state index >= 15 is 0 Å². The summed E-state index contributed by atoms with van der Waals surface area (Å²) in [6, 6.07) is 3.71. The third-order valence-corrected chi connectivity index (χ3v) is 4.95. The first kappa shape index (κ1) is 16.2. The van der Waals surface area contributed by atoms with Crippen molar-refractivity contribution in [3.63, 3.8) is 0 Å². The number of rotatable bonds is 4. The second-order valence-corrected chi connectivity index (χ2v) is 6.82. The van der Waals surface area contributed by atoms with Crippen LogP contribution in [0.5, 0.6) is 17.4 Å². The van der Waals surface area contributed by atoms with Crippen molar-refractivity contribution >= 4 is 17.4 Å². The first-order valence-electron chi connectivity index (χ1n) is 8.50. The molecule has 3 heterocycles. The molecule has 0 saturated heterocycles. The fourth-order valence-corrected chi connectivity index (χ4v) is 3.53. The Bertz CT molecular complexity index is 1050. The van der Waals surface area contributed by atoms with Crippen LogP contribution in [0, 0.1) is 0 Å². The number of hydrogen-bond donors (Lipinski definition) is 1. The molecule has 1 aliphatic heterocycles. The number of methoxy groups -OCH3 is 1. The minimum Gasteiger partial charge on any atom is -0.478 e. The number of nitrogen functional groups attached to an aromatic ring is 1. The minimum atomic E-state index is 0.152. The van der Waals surface area contributed by atoms with Crippen LogP contribution in [-0.4, -0.2) is 33.7 Å². The Morgan fingerprint density at radius 3 is 2.81 bits per heavy atom. The van der Waals surface area contributed by atoms with E-state index in [2.05, 4.69) is 9.97 Å². The molecule has 0 amide bonds. The molecule has 1 aromatic carbocycles. The molecule has 5 rings (SSSR count). The Labute approximate surface area is 159 Å². The number of hydrogen-bond acceptors (Lipinski definition) is 7. The van der Waals surface area contributed by atoms with E-state index < -0.39 is 0 Å². The summed E-state index contributed by atoms with van der Waals surface area (Å²) in [6.45, 7) is 0.152. The fraction of sp³-hybridized carbons (Fsp3) is 0.278. The molecular formula is C18H16ClN5O3. The van der Waals surface area contributed by atoms with E-state index in [1.54, 1.807) is 17.1 Å². The third kappa shape index (κ3) is 2.56. The Hall–Kier alpha value is -3.00. The SMILES string of the molecule is COc1nccnc1-n1nc(C2CC2)c(-c2cc(Cl)c3c(c2)OCO3)c1N. The predicted octanol–water partition coefficient (Wildman–Crippen LogP) is 3.18. The van der Waals surface area contributed by atoms with Crippen molar-refractivity contribution in [3.8, 4) is 34.3 Å². The normalized spacial score (nSPS) is 15.2. The average molecular weight is 386 g/mol. The molecule has 0 bridgehead atoms. The number of benzene rings is 1. The van der Waals surface area contributed by atoms with Crippen LogP contribution in [0.25, 0.3) is 16.9 Å². The molecule has 0 radical (unpaired) electrons. The van der Waals surface area contributed by atoms with Gasteiger partial charge in [-0.05, 0) is 30.5 Å². The summed E-state index contributed by atoms with van der Waals surface area (Å²) in [5.41, 5.74) is 9.08. The molecule has 0 spiro atoms. The van der Waals surface area contributed by atoms with Crippen molar-refractivity contribution in [1.82, 2.24) is 19.7 Å². The van der Waals surface area contributed by atoms with E-state index in [4.69, 9.17) is 36.6 Å². The Morgan fingerprint density at radius 1 is 1.22 bits per heavy atom. The number of halogens is 1. The standard InChI is InChI=1S/C18H16ClN5O3/c1-25-18-17(21-4-5-22-18)24-16(20)13(14(23-24)9-2-3-9)10-6-11(19)15-12(7-10)26-8-27-15/h4-7,9H,2-3,8,20H2,1H3. The largest absolute Gasteiger partial charge is 0.478 e. The lowest BCUT2D eigenvalue weighted by Crippen LogP contribution is -2.07. The van der Waals surface area contributed by atoms with E-state index in [0.717, 1.165) is 29.7 Å². The molecule has 9 heteroatoms. The van der Waals surface area contributed by atoms with Crippen molar-refractivity contribution in [2.75, 3.05) is 19.6 Å². The monoisotopic (exact) mass is 385 g/mol. The van der Waals surface area contributed by atoms with Gasteiger partial charge in [0.15, 0.2) is 11.5 Å². The second kappa shape index (κ2) is 6.02. The summed E-state index contributed by atoms with van der Waals surface area (Å²) >= 11 is 6.38. The molecule has 3 aromatic rings. The summed E-state index contributed by atoms with van der Waals surface area (Å²) in [5, 5.41) is 5.22. The maximum atomic E-state index is 6.51. The molecule has 2 aromatic heterocycles. The van der Waals surface area contributed by atoms with E-state index in [-0.39, 0.29) is 6.79 Å². The first-order chi connectivity index (χ1) is 13.2. The predicted molar refractivity (Wildman–Crippen MR) is 98.7 cm³/mol. The van der Waals surface area contributed by atoms with Gasteiger partial charge in [0.2, 0.25) is 12.6 Å². The summed E-state index contributed by atoms with van der Waals surface area (Å²) in [5.74, 6) is 2.75. The number of anilines is 1. The van der Waals surface area contributed by atoms with Crippen LogP contribution >= 0.6 is 11.6 Å². The molecular weight excluding hydrogens is 370 g/mol. The smallest absolute Gasteiger partial charge is 0.259 e. The van der Waals surface area contributed by atoms with Gasteiger partial charge in [0.1, 0.15) is 5.82 Å². The average Bonchev–Trinajstić information content (AvgIpc) is 3.31. The second-order valence-electron chi connectivity index (χ2n) is 6.41. The molecule has 138 valence electrons. The van der Waals surface area contributed by atoms with Crippen LogP contribution in [0.2, 0.25) is 5.02 Å². The highest BCUT2D eigenvalue weighted by Crippen LogP contribution is 2.49. The van der Waals surface area contributed by atoms with Gasteiger partial charge in [-0.3, -0.25) is 0 Å². The Morgan fingerprint density at radius 2 is 2.04 bits per heavy atom. The molecule has 2 N–H and O–H groups in total. The zero-order valence-corrected chi connectivity index (χ0v) is 15.2. The Balaban J connectivity index is 1.72. The van der Waals surface area contributed by atoms with E-state index in [0.29, 0.717) is 40.0 Å². The van der Waals surface area contributed by atoms with Gasteiger partial charge >= 0.3 is 0 Å². The highest BCUT2D eigenvalue weighted by Gasteiger charge is 2.33. The van der Waals surface area contributed by atoms with Crippen molar-refractivity contribution in [2.24, 2.45) is 0 Å². The van der Waals surface area contributed by atoms with Crippen LogP contribution in [0.3, 0.4) is 0 Å². The van der Waals surface area contributed by atoms with Crippen molar-refractivity contribution in [2.45, 2.75) is 18.8 Å². The lowest BCUT2D eigenvalue weighted by atomic mass is 10.0. The molecule has 1 aliphatic carbocycles. The van der Waals surface area contributed by atoms with Crippen molar-refractivity contribution in [3.05, 3.63) is 35.2 Å². The van der Waals surface area contributed by atoms with Gasteiger partial charge in [-0.25, -0.2) is 9.97 Å². The summed E-state index contributed by atoms with van der Waals surface area (Å²) in [6.07, 6.45) is 5.27. The maximum absolute atomic E-state index is 6.51.